The highest BCUT2D eigenvalue weighted by Crippen LogP contribution is 2.21. The van der Waals surface area contributed by atoms with Crippen LogP contribution in [0, 0.1) is 5.82 Å². The van der Waals surface area contributed by atoms with Crippen molar-refractivity contribution in [1.82, 2.24) is 9.88 Å². The van der Waals surface area contributed by atoms with Crippen molar-refractivity contribution in [2.24, 2.45) is 0 Å². The minimum atomic E-state index is -0.535. The second-order valence-electron chi connectivity index (χ2n) is 4.72. The summed E-state index contributed by atoms with van der Waals surface area (Å²) < 4.78 is 13.8. The quantitative estimate of drug-likeness (QED) is 0.852. The molecule has 4 nitrogen and oxygen atoms in total. The number of benzene rings is 1. The number of anilines is 1. The maximum atomic E-state index is 13.8. The van der Waals surface area contributed by atoms with E-state index in [1.165, 1.54) is 18.2 Å². The van der Waals surface area contributed by atoms with Gasteiger partial charge in [-0.1, -0.05) is 11.6 Å². The average Bonchev–Trinajstić information content (AvgIpc) is 3.03. The van der Waals surface area contributed by atoms with Gasteiger partial charge >= 0.3 is 0 Å². The maximum absolute atomic E-state index is 13.8. The minimum Gasteiger partial charge on any atom is -0.345 e. The third kappa shape index (κ3) is 3.01. The van der Waals surface area contributed by atoms with Crippen molar-refractivity contribution in [3.05, 3.63) is 46.2 Å². The standard InChI is InChI=1S/C14H13ClFN3OS/c15-10-1-2-12(16)11(9-10)13(20)18-4-6-19(7-5-18)14-17-3-8-21-14/h1-3,8-9H,4-7H2. The zero-order chi connectivity index (χ0) is 14.8. The second kappa shape index (κ2) is 5.99. The maximum Gasteiger partial charge on any atom is 0.257 e. The number of carbonyl (C=O) groups excluding carboxylic acids is 1. The second-order valence-corrected chi connectivity index (χ2v) is 6.03. The molecule has 110 valence electrons. The lowest BCUT2D eigenvalue weighted by Crippen LogP contribution is -2.49. The Morgan fingerprint density at radius 1 is 1.29 bits per heavy atom. The lowest BCUT2D eigenvalue weighted by molar-refractivity contribution is 0.0742. The summed E-state index contributed by atoms with van der Waals surface area (Å²) in [6, 6.07) is 4.04. The summed E-state index contributed by atoms with van der Waals surface area (Å²) in [7, 11) is 0. The number of amides is 1. The van der Waals surface area contributed by atoms with Crippen molar-refractivity contribution in [3.63, 3.8) is 0 Å². The predicted molar refractivity (Wildman–Crippen MR) is 81.6 cm³/mol. The van der Waals surface area contributed by atoms with Gasteiger partial charge in [0.15, 0.2) is 5.13 Å². The number of rotatable bonds is 2. The molecule has 3 rings (SSSR count). The number of halogens is 2. The van der Waals surface area contributed by atoms with Crippen LogP contribution in [0.3, 0.4) is 0 Å². The third-order valence-electron chi connectivity index (χ3n) is 3.42. The summed E-state index contributed by atoms with van der Waals surface area (Å²) >= 11 is 7.41. The molecular formula is C14H13ClFN3OS. The Morgan fingerprint density at radius 3 is 2.71 bits per heavy atom. The molecule has 0 unspecified atom stereocenters. The number of thiazole rings is 1. The van der Waals surface area contributed by atoms with E-state index < -0.39 is 5.82 Å². The van der Waals surface area contributed by atoms with E-state index in [0.717, 1.165) is 5.13 Å². The molecule has 0 bridgehead atoms. The van der Waals surface area contributed by atoms with Crippen molar-refractivity contribution in [2.75, 3.05) is 31.1 Å². The van der Waals surface area contributed by atoms with Gasteiger partial charge in [-0.15, -0.1) is 11.3 Å². The lowest BCUT2D eigenvalue weighted by atomic mass is 10.1. The molecule has 1 fully saturated rings. The summed E-state index contributed by atoms with van der Waals surface area (Å²) in [4.78, 5) is 20.4. The van der Waals surface area contributed by atoms with Crippen LogP contribution in [0.4, 0.5) is 9.52 Å². The van der Waals surface area contributed by atoms with E-state index in [9.17, 15) is 9.18 Å². The van der Waals surface area contributed by atoms with E-state index in [2.05, 4.69) is 9.88 Å². The van der Waals surface area contributed by atoms with E-state index in [-0.39, 0.29) is 11.5 Å². The van der Waals surface area contributed by atoms with Crippen LogP contribution in [0.1, 0.15) is 10.4 Å². The van der Waals surface area contributed by atoms with Gasteiger partial charge in [0.2, 0.25) is 0 Å². The molecule has 2 aromatic rings. The van der Waals surface area contributed by atoms with Gasteiger partial charge in [0, 0.05) is 42.8 Å². The molecule has 1 aliphatic heterocycles. The molecule has 1 aromatic heterocycles. The fourth-order valence-electron chi connectivity index (χ4n) is 2.30. The molecule has 0 atom stereocenters. The Hall–Kier alpha value is -1.66. The number of piperazine rings is 1. The zero-order valence-corrected chi connectivity index (χ0v) is 12.7. The zero-order valence-electron chi connectivity index (χ0n) is 11.1. The molecule has 21 heavy (non-hydrogen) atoms. The Kier molecular flexibility index (Phi) is 4.07. The van der Waals surface area contributed by atoms with Crippen LogP contribution < -0.4 is 4.90 Å². The minimum absolute atomic E-state index is 0.0326. The molecule has 0 aliphatic carbocycles. The summed E-state index contributed by atoms with van der Waals surface area (Å²) in [6.45, 7) is 2.48. The molecule has 1 aliphatic rings. The van der Waals surface area contributed by atoms with Crippen LogP contribution in [0.15, 0.2) is 29.8 Å². The highest BCUT2D eigenvalue weighted by atomic mass is 35.5. The molecule has 2 heterocycles. The van der Waals surface area contributed by atoms with Crippen LogP contribution in [0.2, 0.25) is 5.02 Å². The van der Waals surface area contributed by atoms with Crippen molar-refractivity contribution < 1.29 is 9.18 Å². The fourth-order valence-corrected chi connectivity index (χ4v) is 3.17. The molecule has 1 amide bonds. The largest absolute Gasteiger partial charge is 0.345 e. The SMILES string of the molecule is O=C(c1cc(Cl)ccc1F)N1CCN(c2nccs2)CC1. The third-order valence-corrected chi connectivity index (χ3v) is 4.48. The van der Waals surface area contributed by atoms with E-state index >= 15 is 0 Å². The first-order chi connectivity index (χ1) is 10.1. The summed E-state index contributed by atoms with van der Waals surface area (Å²) in [5, 5.41) is 3.24. The first kappa shape index (κ1) is 14.3. The Bertz CT molecular complexity index is 642. The van der Waals surface area contributed by atoms with Gasteiger partial charge in [-0.05, 0) is 18.2 Å². The number of nitrogens with zero attached hydrogens (tertiary/aromatic N) is 3. The fraction of sp³-hybridized carbons (Fsp3) is 0.286. The Labute approximate surface area is 130 Å². The van der Waals surface area contributed by atoms with E-state index in [4.69, 9.17) is 11.6 Å². The molecule has 0 spiro atoms. The first-order valence-corrected chi connectivity index (χ1v) is 7.79. The van der Waals surface area contributed by atoms with Crippen LogP contribution in [0.25, 0.3) is 0 Å². The molecule has 1 aromatic carbocycles. The molecule has 1 saturated heterocycles. The van der Waals surface area contributed by atoms with Crippen molar-refractivity contribution in [3.8, 4) is 0 Å². The normalized spacial score (nSPS) is 15.3. The average molecular weight is 326 g/mol. The number of hydrogen-bond acceptors (Lipinski definition) is 4. The van der Waals surface area contributed by atoms with Crippen LogP contribution in [0.5, 0.6) is 0 Å². The van der Waals surface area contributed by atoms with Crippen molar-refractivity contribution in [1.29, 1.82) is 0 Å². The van der Waals surface area contributed by atoms with Crippen LogP contribution in [-0.2, 0) is 0 Å². The van der Waals surface area contributed by atoms with Gasteiger partial charge in [-0.3, -0.25) is 4.79 Å². The predicted octanol–water partition coefficient (Wildman–Crippen LogP) is 2.90. The lowest BCUT2D eigenvalue weighted by Gasteiger charge is -2.34. The highest BCUT2D eigenvalue weighted by molar-refractivity contribution is 7.13. The number of aromatic nitrogens is 1. The van der Waals surface area contributed by atoms with Crippen LogP contribution >= 0.6 is 22.9 Å². The molecule has 0 saturated carbocycles. The van der Waals surface area contributed by atoms with Gasteiger partial charge in [0.05, 0.1) is 5.56 Å². The van der Waals surface area contributed by atoms with Crippen molar-refractivity contribution in [2.45, 2.75) is 0 Å². The molecular weight excluding hydrogens is 313 g/mol. The molecule has 7 heteroatoms. The van der Waals surface area contributed by atoms with Gasteiger partial charge in [0.1, 0.15) is 5.82 Å². The van der Waals surface area contributed by atoms with Gasteiger partial charge in [-0.25, -0.2) is 9.37 Å². The van der Waals surface area contributed by atoms with E-state index in [1.54, 1.807) is 22.4 Å². The Morgan fingerprint density at radius 2 is 2.05 bits per heavy atom. The highest BCUT2D eigenvalue weighted by Gasteiger charge is 2.25. The number of carbonyl (C=O) groups is 1. The summed E-state index contributed by atoms with van der Waals surface area (Å²) in [5.41, 5.74) is 0.0326. The van der Waals surface area contributed by atoms with Gasteiger partial charge in [0.25, 0.3) is 5.91 Å². The smallest absolute Gasteiger partial charge is 0.257 e. The first-order valence-electron chi connectivity index (χ1n) is 6.54. The topological polar surface area (TPSA) is 36.4 Å². The van der Waals surface area contributed by atoms with Crippen molar-refractivity contribution >= 4 is 34.0 Å². The van der Waals surface area contributed by atoms with Gasteiger partial charge in [-0.2, -0.15) is 0 Å². The van der Waals surface area contributed by atoms with Gasteiger partial charge < -0.3 is 9.80 Å². The van der Waals surface area contributed by atoms with Crippen LogP contribution in [-0.4, -0.2) is 42.0 Å². The summed E-state index contributed by atoms with van der Waals surface area (Å²) in [5.74, 6) is -0.847. The monoisotopic (exact) mass is 325 g/mol. The number of hydrogen-bond donors (Lipinski definition) is 0. The van der Waals surface area contributed by atoms with E-state index in [1.807, 2.05) is 5.38 Å². The van der Waals surface area contributed by atoms with E-state index in [0.29, 0.717) is 31.2 Å². The molecule has 0 radical (unpaired) electrons. The Balaban J connectivity index is 1.69. The molecule has 0 N–H and O–H groups in total. The summed E-state index contributed by atoms with van der Waals surface area (Å²) in [6.07, 6.45) is 1.76.